The quantitative estimate of drug-likeness (QED) is 0.660. The number of likely N-dealkylation sites (tertiary alicyclic amines) is 1. The van der Waals surface area contributed by atoms with E-state index in [2.05, 4.69) is 29.6 Å². The predicted molar refractivity (Wildman–Crippen MR) is 131 cm³/mol. The summed E-state index contributed by atoms with van der Waals surface area (Å²) in [5, 5.41) is 12.6. The van der Waals surface area contributed by atoms with Crippen LogP contribution in [0, 0.1) is 5.92 Å². The minimum absolute atomic E-state index is 0.0190. The van der Waals surface area contributed by atoms with Gasteiger partial charge in [0.25, 0.3) is 0 Å². The lowest BCUT2D eigenvalue weighted by Gasteiger charge is -2.36. The van der Waals surface area contributed by atoms with Gasteiger partial charge in [-0.25, -0.2) is 9.59 Å². The van der Waals surface area contributed by atoms with Crippen molar-refractivity contribution in [1.29, 1.82) is 0 Å². The molecular weight excluding hydrogens is 444 g/mol. The third kappa shape index (κ3) is 4.28. The molecule has 2 N–H and O–H groups in total. The minimum Gasteiger partial charge on any atom is -0.480 e. The summed E-state index contributed by atoms with van der Waals surface area (Å²) >= 11 is 0. The second-order valence-electron chi connectivity index (χ2n) is 10.2. The van der Waals surface area contributed by atoms with Gasteiger partial charge in [-0.3, -0.25) is 4.79 Å². The van der Waals surface area contributed by atoms with Crippen molar-refractivity contribution in [3.8, 4) is 11.1 Å². The molecule has 3 aliphatic rings. The zero-order valence-corrected chi connectivity index (χ0v) is 20.0. The van der Waals surface area contributed by atoms with Crippen molar-refractivity contribution in [3.05, 3.63) is 59.7 Å². The van der Waals surface area contributed by atoms with Crippen molar-refractivity contribution in [2.75, 3.05) is 13.2 Å². The number of alkyl carbamates (subject to hydrolysis) is 1. The van der Waals surface area contributed by atoms with E-state index in [1.165, 1.54) is 22.3 Å². The highest BCUT2D eigenvalue weighted by Crippen LogP contribution is 2.44. The molecule has 7 nitrogen and oxygen atoms in total. The van der Waals surface area contributed by atoms with Crippen LogP contribution in [0.15, 0.2) is 48.5 Å². The number of carboxylic acid groups (broad SMARTS) is 1. The molecule has 2 aromatic rings. The van der Waals surface area contributed by atoms with Gasteiger partial charge in [0, 0.05) is 24.4 Å². The van der Waals surface area contributed by atoms with Crippen LogP contribution in [0.4, 0.5) is 4.79 Å². The maximum Gasteiger partial charge on any atom is 0.407 e. The summed E-state index contributed by atoms with van der Waals surface area (Å²) in [7, 11) is 0. The topological polar surface area (TPSA) is 95.9 Å². The van der Waals surface area contributed by atoms with E-state index in [0.29, 0.717) is 45.1 Å². The Kier molecular flexibility index (Phi) is 6.26. The number of nitrogens with one attached hydrogen (secondary N) is 1. The number of hydrogen-bond acceptors (Lipinski definition) is 4. The van der Waals surface area contributed by atoms with Crippen LogP contribution in [0.5, 0.6) is 0 Å². The van der Waals surface area contributed by atoms with Gasteiger partial charge in [-0.15, -0.1) is 0 Å². The molecule has 1 heterocycles. The first-order valence-corrected chi connectivity index (χ1v) is 12.5. The number of carboxylic acids is 1. The Labute approximate surface area is 205 Å². The van der Waals surface area contributed by atoms with Crippen molar-refractivity contribution in [1.82, 2.24) is 10.2 Å². The standard InChI is InChI=1S/C28H32N2O5/c1-28(26(32)33)15-6-16-30(28)25(31)18-11-13-19(14-12-18)29-27(34)35-17-24-22-9-4-2-7-20(22)21-8-3-5-10-23(21)24/h2-5,7-10,18-19,24H,6,11-17H2,1H3,(H,29,34)(H,32,33). The Morgan fingerprint density at radius 1 is 1.00 bits per heavy atom. The Balaban J connectivity index is 1.13. The van der Waals surface area contributed by atoms with E-state index in [4.69, 9.17) is 4.74 Å². The van der Waals surface area contributed by atoms with E-state index in [0.717, 1.165) is 0 Å². The van der Waals surface area contributed by atoms with Crippen LogP contribution >= 0.6 is 0 Å². The number of nitrogens with zero attached hydrogens (tertiary/aromatic N) is 1. The third-order valence-electron chi connectivity index (χ3n) is 8.11. The summed E-state index contributed by atoms with van der Waals surface area (Å²) in [6.07, 6.45) is 3.41. The third-order valence-corrected chi connectivity index (χ3v) is 8.11. The van der Waals surface area contributed by atoms with Crippen molar-refractivity contribution < 1.29 is 24.2 Å². The highest BCUT2D eigenvalue weighted by molar-refractivity contribution is 5.88. The van der Waals surface area contributed by atoms with Crippen molar-refractivity contribution in [2.24, 2.45) is 5.92 Å². The molecule has 5 rings (SSSR count). The van der Waals surface area contributed by atoms with E-state index in [9.17, 15) is 19.5 Å². The minimum atomic E-state index is -1.10. The first kappa shape index (κ1) is 23.4. The molecule has 1 aliphatic heterocycles. The van der Waals surface area contributed by atoms with Gasteiger partial charge in [0.15, 0.2) is 0 Å². The zero-order valence-electron chi connectivity index (χ0n) is 20.0. The Hall–Kier alpha value is -3.35. The summed E-state index contributed by atoms with van der Waals surface area (Å²) in [5.74, 6) is -1.17. The van der Waals surface area contributed by atoms with Gasteiger partial charge < -0.3 is 20.1 Å². The number of aliphatic carboxylic acids is 1. The van der Waals surface area contributed by atoms with Gasteiger partial charge in [-0.2, -0.15) is 0 Å². The van der Waals surface area contributed by atoms with Crippen LogP contribution in [-0.2, 0) is 14.3 Å². The van der Waals surface area contributed by atoms with Crippen LogP contribution in [0.3, 0.4) is 0 Å². The molecule has 2 aromatic carbocycles. The summed E-state index contributed by atoms with van der Waals surface area (Å²) in [4.78, 5) is 38.9. The summed E-state index contributed by atoms with van der Waals surface area (Å²) in [6.45, 7) is 2.42. The Morgan fingerprint density at radius 2 is 1.60 bits per heavy atom. The molecule has 1 saturated carbocycles. The molecular formula is C28H32N2O5. The lowest BCUT2D eigenvalue weighted by molar-refractivity contribution is -0.157. The molecule has 0 bridgehead atoms. The highest BCUT2D eigenvalue weighted by Gasteiger charge is 2.47. The Bertz CT molecular complexity index is 1090. The van der Waals surface area contributed by atoms with Crippen LogP contribution in [-0.4, -0.2) is 52.7 Å². The van der Waals surface area contributed by atoms with Crippen molar-refractivity contribution in [3.63, 3.8) is 0 Å². The molecule has 1 saturated heterocycles. The van der Waals surface area contributed by atoms with Crippen LogP contribution in [0.1, 0.15) is 62.5 Å². The molecule has 35 heavy (non-hydrogen) atoms. The first-order valence-electron chi connectivity index (χ1n) is 12.5. The maximum absolute atomic E-state index is 13.1. The molecule has 1 atom stereocenters. The fraction of sp³-hybridized carbons (Fsp3) is 0.464. The predicted octanol–water partition coefficient (Wildman–Crippen LogP) is 4.55. The largest absolute Gasteiger partial charge is 0.480 e. The average Bonchev–Trinajstić information content (AvgIpc) is 3.42. The molecule has 1 unspecified atom stereocenters. The molecule has 184 valence electrons. The van der Waals surface area contributed by atoms with Gasteiger partial charge in [0.05, 0.1) is 0 Å². The molecule has 2 amide bonds. The van der Waals surface area contributed by atoms with Crippen LogP contribution in [0.25, 0.3) is 11.1 Å². The molecule has 0 aromatic heterocycles. The number of ether oxygens (including phenoxy) is 1. The van der Waals surface area contributed by atoms with Crippen LogP contribution in [0.2, 0.25) is 0 Å². The fourth-order valence-electron chi connectivity index (χ4n) is 6.05. The van der Waals surface area contributed by atoms with Gasteiger partial charge in [-0.05, 0) is 67.7 Å². The molecule has 7 heteroatoms. The lowest BCUT2D eigenvalue weighted by atomic mass is 9.84. The average molecular weight is 477 g/mol. The van der Waals surface area contributed by atoms with Crippen molar-refractivity contribution >= 4 is 18.0 Å². The monoisotopic (exact) mass is 476 g/mol. The van der Waals surface area contributed by atoms with Crippen LogP contribution < -0.4 is 5.32 Å². The number of carbonyl (C=O) groups excluding carboxylic acids is 2. The van der Waals surface area contributed by atoms with Crippen molar-refractivity contribution in [2.45, 2.75) is 62.9 Å². The zero-order chi connectivity index (χ0) is 24.6. The SMILES string of the molecule is CC1(C(=O)O)CCCN1C(=O)C1CCC(NC(=O)OCC2c3ccccc3-c3ccccc32)CC1. The summed E-state index contributed by atoms with van der Waals surface area (Å²) in [5.41, 5.74) is 3.63. The number of carbonyl (C=O) groups is 3. The smallest absolute Gasteiger partial charge is 0.407 e. The van der Waals surface area contributed by atoms with E-state index in [1.807, 2.05) is 24.3 Å². The number of hydrogen-bond donors (Lipinski definition) is 2. The Morgan fingerprint density at radius 3 is 2.20 bits per heavy atom. The number of fused-ring (bicyclic) bond motifs is 3. The van der Waals surface area contributed by atoms with E-state index >= 15 is 0 Å². The highest BCUT2D eigenvalue weighted by atomic mass is 16.5. The molecule has 2 aliphatic carbocycles. The number of rotatable bonds is 5. The van der Waals surface area contributed by atoms with Gasteiger partial charge >= 0.3 is 12.1 Å². The van der Waals surface area contributed by atoms with Gasteiger partial charge in [0.1, 0.15) is 12.1 Å². The lowest BCUT2D eigenvalue weighted by Crippen LogP contribution is -2.53. The second-order valence-corrected chi connectivity index (χ2v) is 10.2. The maximum atomic E-state index is 13.1. The summed E-state index contributed by atoms with van der Waals surface area (Å²) < 4.78 is 5.66. The second kappa shape index (κ2) is 9.36. The first-order chi connectivity index (χ1) is 16.9. The normalized spacial score (nSPS) is 25.6. The number of amides is 2. The fourth-order valence-corrected chi connectivity index (χ4v) is 6.05. The number of benzene rings is 2. The summed E-state index contributed by atoms with van der Waals surface area (Å²) in [6, 6.07) is 16.4. The molecule has 0 spiro atoms. The van der Waals surface area contributed by atoms with Gasteiger partial charge in [-0.1, -0.05) is 48.5 Å². The molecule has 2 fully saturated rings. The van der Waals surface area contributed by atoms with E-state index < -0.39 is 17.6 Å². The van der Waals surface area contributed by atoms with E-state index in [1.54, 1.807) is 11.8 Å². The molecule has 0 radical (unpaired) electrons. The van der Waals surface area contributed by atoms with E-state index in [-0.39, 0.29) is 30.4 Å². The van der Waals surface area contributed by atoms with Gasteiger partial charge in [0.2, 0.25) is 5.91 Å².